The van der Waals surface area contributed by atoms with E-state index in [1.165, 1.54) is 17.0 Å². The second-order valence-electron chi connectivity index (χ2n) is 6.56. The van der Waals surface area contributed by atoms with E-state index in [1.807, 2.05) is 24.3 Å². The Morgan fingerprint density at radius 3 is 2.64 bits per heavy atom. The molecule has 0 fully saturated rings. The molecule has 0 aliphatic carbocycles. The number of ether oxygens (including phenoxy) is 1. The second kappa shape index (κ2) is 8.82. The van der Waals surface area contributed by atoms with Crippen molar-refractivity contribution in [2.24, 2.45) is 5.16 Å². The van der Waals surface area contributed by atoms with E-state index in [9.17, 15) is 13.6 Å². The minimum absolute atomic E-state index is 0.0521. The smallest absolute Gasteiger partial charge is 0.222 e. The van der Waals surface area contributed by atoms with Crippen molar-refractivity contribution >= 4 is 11.6 Å². The van der Waals surface area contributed by atoms with Crippen LogP contribution in [0.1, 0.15) is 30.9 Å². The van der Waals surface area contributed by atoms with Gasteiger partial charge in [0.05, 0.1) is 19.4 Å². The van der Waals surface area contributed by atoms with Crippen LogP contribution in [0.25, 0.3) is 0 Å². The van der Waals surface area contributed by atoms with Crippen LogP contribution in [0.5, 0.6) is 5.75 Å². The summed E-state index contributed by atoms with van der Waals surface area (Å²) in [6.45, 7) is 2.06. The monoisotopic (exact) mass is 388 g/mol. The molecule has 148 valence electrons. The molecule has 1 atom stereocenters. The molecule has 2 aromatic carbocycles. The normalized spacial score (nSPS) is 15.7. The summed E-state index contributed by atoms with van der Waals surface area (Å²) >= 11 is 0. The Morgan fingerprint density at radius 1 is 1.25 bits per heavy atom. The van der Waals surface area contributed by atoms with E-state index in [2.05, 4.69) is 5.16 Å². The number of methoxy groups -OCH3 is 1. The van der Waals surface area contributed by atoms with Gasteiger partial charge >= 0.3 is 0 Å². The van der Waals surface area contributed by atoms with E-state index in [-0.39, 0.29) is 37.1 Å². The Kier molecular flexibility index (Phi) is 6.23. The Morgan fingerprint density at radius 2 is 2.00 bits per heavy atom. The number of hydrogen-bond acceptors (Lipinski definition) is 4. The first-order valence-electron chi connectivity index (χ1n) is 9.09. The van der Waals surface area contributed by atoms with E-state index in [0.717, 1.165) is 23.1 Å². The lowest BCUT2D eigenvalue weighted by Crippen LogP contribution is -2.37. The van der Waals surface area contributed by atoms with Crippen LogP contribution in [0.2, 0.25) is 0 Å². The van der Waals surface area contributed by atoms with Crippen LogP contribution in [0.15, 0.2) is 47.6 Å². The van der Waals surface area contributed by atoms with Crippen LogP contribution < -0.4 is 4.74 Å². The average molecular weight is 388 g/mol. The summed E-state index contributed by atoms with van der Waals surface area (Å²) in [6.07, 6.45) is 0.490. The van der Waals surface area contributed by atoms with Gasteiger partial charge in [-0.3, -0.25) is 4.79 Å². The Labute approximate surface area is 162 Å². The predicted molar refractivity (Wildman–Crippen MR) is 101 cm³/mol. The Hall–Kier alpha value is -2.96. The summed E-state index contributed by atoms with van der Waals surface area (Å²) in [5.41, 5.74) is 1.96. The molecule has 28 heavy (non-hydrogen) atoms. The van der Waals surface area contributed by atoms with Crippen molar-refractivity contribution in [2.45, 2.75) is 32.4 Å². The first-order chi connectivity index (χ1) is 13.5. The van der Waals surface area contributed by atoms with Gasteiger partial charge in [-0.15, -0.1) is 0 Å². The van der Waals surface area contributed by atoms with Crippen molar-refractivity contribution in [3.8, 4) is 5.75 Å². The third-order valence-electron chi connectivity index (χ3n) is 4.61. The Bertz CT molecular complexity index is 868. The van der Waals surface area contributed by atoms with Crippen LogP contribution in [0.3, 0.4) is 0 Å². The SMILES string of the molecule is CCC(=O)N(Cc1ccc(F)cc1F)CC1CC(c2ccc(OC)cc2)=NO1. The largest absolute Gasteiger partial charge is 0.497 e. The minimum atomic E-state index is -0.670. The van der Waals surface area contributed by atoms with Crippen LogP contribution in [-0.4, -0.2) is 36.3 Å². The van der Waals surface area contributed by atoms with Crippen LogP contribution >= 0.6 is 0 Å². The molecular weight excluding hydrogens is 366 g/mol. The fourth-order valence-corrected chi connectivity index (χ4v) is 3.06. The third kappa shape index (κ3) is 4.65. The number of amides is 1. The maximum atomic E-state index is 14.0. The number of halogens is 2. The first-order valence-corrected chi connectivity index (χ1v) is 9.09. The molecule has 1 aliphatic heterocycles. The van der Waals surface area contributed by atoms with Gasteiger partial charge in [0, 0.05) is 31.0 Å². The molecule has 0 aromatic heterocycles. The van der Waals surface area contributed by atoms with Gasteiger partial charge in [-0.1, -0.05) is 18.1 Å². The van der Waals surface area contributed by atoms with Crippen molar-refractivity contribution < 1.29 is 23.1 Å². The highest BCUT2D eigenvalue weighted by Crippen LogP contribution is 2.21. The van der Waals surface area contributed by atoms with Crippen LogP contribution in [0, 0.1) is 11.6 Å². The van der Waals surface area contributed by atoms with Gasteiger partial charge in [0.2, 0.25) is 5.91 Å². The van der Waals surface area contributed by atoms with Gasteiger partial charge in [0.15, 0.2) is 6.10 Å². The quantitative estimate of drug-likeness (QED) is 0.723. The second-order valence-corrected chi connectivity index (χ2v) is 6.56. The fraction of sp³-hybridized carbons (Fsp3) is 0.333. The molecule has 0 saturated carbocycles. The molecule has 5 nitrogen and oxygen atoms in total. The van der Waals surface area contributed by atoms with Crippen molar-refractivity contribution in [3.63, 3.8) is 0 Å². The summed E-state index contributed by atoms with van der Waals surface area (Å²) in [4.78, 5) is 19.3. The highest BCUT2D eigenvalue weighted by Gasteiger charge is 2.27. The molecule has 1 heterocycles. The molecule has 0 N–H and O–H groups in total. The molecule has 1 unspecified atom stereocenters. The lowest BCUT2D eigenvalue weighted by Gasteiger charge is -2.24. The van der Waals surface area contributed by atoms with E-state index < -0.39 is 11.6 Å². The minimum Gasteiger partial charge on any atom is -0.497 e. The summed E-state index contributed by atoms with van der Waals surface area (Å²) in [5, 5.41) is 4.13. The molecule has 0 spiro atoms. The topological polar surface area (TPSA) is 51.1 Å². The summed E-state index contributed by atoms with van der Waals surface area (Å²) in [7, 11) is 1.60. The number of benzene rings is 2. The van der Waals surface area contributed by atoms with Crippen LogP contribution in [0.4, 0.5) is 8.78 Å². The standard InChI is InChI=1S/C21H22F2N2O3/c1-3-21(26)25(12-15-4-7-16(22)10-19(15)23)13-18-11-20(24-28-18)14-5-8-17(27-2)9-6-14/h4-10,18H,3,11-13H2,1-2H3. The zero-order valence-corrected chi connectivity index (χ0v) is 15.8. The number of nitrogens with zero attached hydrogens (tertiary/aromatic N) is 2. The number of carbonyl (C=O) groups excluding carboxylic acids is 1. The lowest BCUT2D eigenvalue weighted by atomic mass is 10.0. The maximum absolute atomic E-state index is 14.0. The van der Waals surface area contributed by atoms with Gasteiger partial charge in [0.25, 0.3) is 0 Å². The zero-order chi connectivity index (χ0) is 20.1. The molecule has 0 radical (unpaired) electrons. The molecule has 0 bridgehead atoms. The van der Waals surface area contributed by atoms with Gasteiger partial charge in [0.1, 0.15) is 17.4 Å². The van der Waals surface area contributed by atoms with Gasteiger partial charge in [-0.05, 0) is 35.9 Å². The van der Waals surface area contributed by atoms with Gasteiger partial charge in [-0.25, -0.2) is 8.78 Å². The summed E-state index contributed by atoms with van der Waals surface area (Å²) in [5.74, 6) is -0.700. The molecule has 0 saturated heterocycles. The predicted octanol–water partition coefficient (Wildman–Crippen LogP) is 3.91. The van der Waals surface area contributed by atoms with E-state index >= 15 is 0 Å². The molecular formula is C21H22F2N2O3. The first kappa shape index (κ1) is 19.8. The van der Waals surface area contributed by atoms with E-state index in [1.54, 1.807) is 14.0 Å². The molecule has 1 aliphatic rings. The van der Waals surface area contributed by atoms with E-state index in [0.29, 0.717) is 6.42 Å². The highest BCUT2D eigenvalue weighted by atomic mass is 19.1. The third-order valence-corrected chi connectivity index (χ3v) is 4.61. The Balaban J connectivity index is 1.66. The zero-order valence-electron chi connectivity index (χ0n) is 15.8. The van der Waals surface area contributed by atoms with Gasteiger partial charge in [-0.2, -0.15) is 0 Å². The highest BCUT2D eigenvalue weighted by molar-refractivity contribution is 6.01. The number of hydrogen-bond donors (Lipinski definition) is 0. The van der Waals surface area contributed by atoms with Gasteiger partial charge < -0.3 is 14.5 Å². The fourth-order valence-electron chi connectivity index (χ4n) is 3.06. The molecule has 1 amide bonds. The number of rotatable bonds is 7. The molecule has 2 aromatic rings. The van der Waals surface area contributed by atoms with Crippen molar-refractivity contribution in [1.29, 1.82) is 0 Å². The summed E-state index contributed by atoms with van der Waals surface area (Å²) in [6, 6.07) is 10.8. The van der Waals surface area contributed by atoms with Crippen molar-refractivity contribution in [2.75, 3.05) is 13.7 Å². The molecule has 7 heteroatoms. The van der Waals surface area contributed by atoms with E-state index in [4.69, 9.17) is 9.57 Å². The number of oxime groups is 1. The van der Waals surface area contributed by atoms with Crippen molar-refractivity contribution in [1.82, 2.24) is 4.90 Å². The average Bonchev–Trinajstić information content (AvgIpc) is 3.17. The molecule has 3 rings (SSSR count). The lowest BCUT2D eigenvalue weighted by molar-refractivity contribution is -0.133. The summed E-state index contributed by atoms with van der Waals surface area (Å²) < 4.78 is 32.3. The number of carbonyl (C=O) groups is 1. The van der Waals surface area contributed by atoms with Crippen molar-refractivity contribution in [3.05, 3.63) is 65.2 Å². The maximum Gasteiger partial charge on any atom is 0.222 e. The van der Waals surface area contributed by atoms with Crippen LogP contribution in [-0.2, 0) is 16.2 Å².